The van der Waals surface area contributed by atoms with Gasteiger partial charge in [-0.15, -0.1) is 102 Å². The Bertz CT molecular complexity index is 3860. The fraction of sp³-hybridized carbons (Fsp3) is 0.107. The maximum absolute atomic E-state index is 11.4. The van der Waals surface area contributed by atoms with Gasteiger partial charge in [0.15, 0.2) is 0 Å². The zero-order valence-corrected chi connectivity index (χ0v) is 50.7. The van der Waals surface area contributed by atoms with Crippen molar-refractivity contribution in [2.75, 3.05) is 4.90 Å². The summed E-state index contributed by atoms with van der Waals surface area (Å²) in [6, 6.07) is 99.9. The van der Waals surface area contributed by atoms with Gasteiger partial charge >= 0.3 is 20.1 Å². The Morgan fingerprint density at radius 3 is 1.50 bits per heavy atom. The minimum atomic E-state index is -0.704. The van der Waals surface area contributed by atoms with Crippen LogP contribution in [0.5, 0.6) is 5.75 Å². The molecule has 414 valence electrons. The summed E-state index contributed by atoms with van der Waals surface area (Å²) in [5.41, 5.74) is 14.8. The number of hydrogen-bond acceptors (Lipinski definition) is 8. The number of anilines is 3. The van der Waals surface area contributed by atoms with Gasteiger partial charge in [-0.1, -0.05) is 147 Å². The molecule has 6 nitrogen and oxygen atoms in total. The average Bonchev–Trinajstić information content (AvgIpc) is 4.24. The van der Waals surface area contributed by atoms with E-state index in [0.29, 0.717) is 18.4 Å². The molecule has 13 rings (SSSR count). The van der Waals surface area contributed by atoms with Crippen molar-refractivity contribution < 1.29 is 29.9 Å². The van der Waals surface area contributed by atoms with Gasteiger partial charge in [0.2, 0.25) is 0 Å². The molecule has 0 saturated heterocycles. The van der Waals surface area contributed by atoms with Crippen molar-refractivity contribution in [2.24, 2.45) is 0 Å². The summed E-state index contributed by atoms with van der Waals surface area (Å²) in [5, 5.41) is 13.5. The number of benzene rings is 10. The normalized spacial score (nSPS) is 11.9. The molecule has 13 aromatic rings. The van der Waals surface area contributed by atoms with Crippen LogP contribution >= 0.6 is 22.7 Å². The smallest absolute Gasteiger partial charge is 0.508 e. The SMILES string of the molecule is CCC(CC(C)c1ccc(COc2cc[c-]c(-c3ccccn3)c2)cc1)c1ccc(C(O)c2ccc(N(c3ccccc3)c3ccccc3)cc2)cc1.[Ir+3].[c-]1ccccc1-c1nc2ccccc2s1.[c-]1ccccc1-c1nc2ccccc2s1. The summed E-state index contributed by atoms with van der Waals surface area (Å²) in [7, 11) is 0. The van der Waals surface area contributed by atoms with E-state index in [-0.39, 0.29) is 20.1 Å². The number of para-hydroxylation sites is 4. The van der Waals surface area contributed by atoms with Crippen molar-refractivity contribution in [3.8, 4) is 38.1 Å². The third-order valence-electron chi connectivity index (χ3n) is 14.5. The third-order valence-corrected chi connectivity index (χ3v) is 16.6. The molecule has 3 heterocycles. The minimum absolute atomic E-state index is 0. The molecule has 0 bridgehead atoms. The van der Waals surface area contributed by atoms with Crippen molar-refractivity contribution in [3.63, 3.8) is 0 Å². The molecule has 0 saturated carbocycles. The van der Waals surface area contributed by atoms with E-state index >= 15 is 0 Å². The van der Waals surface area contributed by atoms with Gasteiger partial charge in [-0.05, 0) is 125 Å². The van der Waals surface area contributed by atoms with E-state index in [2.05, 4.69) is 173 Å². The van der Waals surface area contributed by atoms with Gasteiger partial charge in [0.05, 0.1) is 11.0 Å². The van der Waals surface area contributed by atoms with Crippen LogP contribution in [0.15, 0.2) is 273 Å². The number of nitrogens with zero attached hydrogens (tertiary/aromatic N) is 4. The quantitative estimate of drug-likeness (QED) is 0.0972. The van der Waals surface area contributed by atoms with Crippen LogP contribution in [-0.2, 0) is 26.7 Å². The van der Waals surface area contributed by atoms with Crippen LogP contribution in [0.2, 0.25) is 0 Å². The van der Waals surface area contributed by atoms with E-state index < -0.39 is 6.10 Å². The van der Waals surface area contributed by atoms with Gasteiger partial charge in [0.1, 0.15) is 12.7 Å². The van der Waals surface area contributed by atoms with Crippen LogP contribution in [-0.4, -0.2) is 20.1 Å². The number of aromatic nitrogens is 3. The van der Waals surface area contributed by atoms with E-state index in [1.807, 2.05) is 146 Å². The van der Waals surface area contributed by atoms with Crippen LogP contribution < -0.4 is 9.64 Å². The maximum atomic E-state index is 11.4. The second-order valence-electron chi connectivity index (χ2n) is 20.1. The molecule has 0 spiro atoms. The Morgan fingerprint density at radius 2 is 0.976 bits per heavy atom. The van der Waals surface area contributed by atoms with Crippen LogP contribution in [0, 0.1) is 18.2 Å². The first-order chi connectivity index (χ1) is 40.9. The molecule has 0 aliphatic heterocycles. The summed E-state index contributed by atoms with van der Waals surface area (Å²) in [5.74, 6) is 1.62. The number of aliphatic hydroxyl groups excluding tert-OH is 1. The van der Waals surface area contributed by atoms with Gasteiger partial charge in [0, 0.05) is 48.4 Å². The number of ether oxygens (including phenoxy) is 1. The van der Waals surface area contributed by atoms with Crippen molar-refractivity contribution in [3.05, 3.63) is 319 Å². The number of thiazole rings is 2. The van der Waals surface area contributed by atoms with Crippen LogP contribution in [0.25, 0.3) is 52.8 Å². The van der Waals surface area contributed by atoms with Gasteiger partial charge in [0.25, 0.3) is 0 Å². The van der Waals surface area contributed by atoms with E-state index in [0.717, 1.165) is 95.8 Å². The Kier molecular flexibility index (Phi) is 20.2. The zero-order valence-electron chi connectivity index (χ0n) is 46.6. The van der Waals surface area contributed by atoms with E-state index in [4.69, 9.17) is 4.74 Å². The van der Waals surface area contributed by atoms with E-state index in [1.165, 1.54) is 20.5 Å². The van der Waals surface area contributed by atoms with Crippen LogP contribution in [0.3, 0.4) is 0 Å². The van der Waals surface area contributed by atoms with Crippen LogP contribution in [0.4, 0.5) is 17.1 Å². The van der Waals surface area contributed by atoms with Gasteiger partial charge in [-0.25, -0.2) is 0 Å². The maximum Gasteiger partial charge on any atom is 3.00 e. The summed E-state index contributed by atoms with van der Waals surface area (Å²) >= 11 is 3.42. The first-order valence-electron chi connectivity index (χ1n) is 28.0. The fourth-order valence-electron chi connectivity index (χ4n) is 9.99. The third kappa shape index (κ3) is 14.9. The minimum Gasteiger partial charge on any atom is -0.508 e. The van der Waals surface area contributed by atoms with Crippen LogP contribution in [0.1, 0.15) is 72.4 Å². The summed E-state index contributed by atoms with van der Waals surface area (Å²) < 4.78 is 8.58. The summed E-state index contributed by atoms with van der Waals surface area (Å²) in [6.45, 7) is 5.07. The molecule has 0 aliphatic carbocycles. The Hall–Kier alpha value is -8.66. The number of pyridine rings is 1. The summed E-state index contributed by atoms with van der Waals surface area (Å²) in [6.07, 6.45) is 3.18. The molecule has 3 unspecified atom stereocenters. The monoisotopic (exact) mass is 1310 g/mol. The molecule has 3 atom stereocenters. The first kappa shape index (κ1) is 58.5. The standard InChI is InChI=1S/C49H45N2O2.2C13H8NS.Ir/c1-3-38(33-36(2)39-22-20-37(21-23-39)35-53-47-18-12-13-43(34-47)48-19-10-11-32-50-48)40-24-26-41(27-25-40)49(52)42-28-30-46(31-29-42)51(44-14-6-4-7-15-44)45-16-8-5-9-17-45;2*1-2-6-10(7-3-1)13-14-11-8-4-5-9-12(11)15-13;/h4-12,14-32,34,36,38,49,52H,3,33,35H2,1-2H3;2*1-6,8-9H;/q3*-1;+3. The zero-order chi connectivity index (χ0) is 56.6. The van der Waals surface area contributed by atoms with Gasteiger partial charge < -0.3 is 19.7 Å². The predicted octanol–water partition coefficient (Wildman–Crippen LogP) is 19.9. The number of aliphatic hydroxyl groups is 1. The topological polar surface area (TPSA) is 71.4 Å². The van der Waals surface area contributed by atoms with Crippen molar-refractivity contribution in [1.82, 2.24) is 15.0 Å². The van der Waals surface area contributed by atoms with E-state index in [1.54, 1.807) is 28.9 Å². The summed E-state index contributed by atoms with van der Waals surface area (Å²) in [4.78, 5) is 15.8. The molecule has 10 aromatic carbocycles. The Morgan fingerprint density at radius 1 is 0.488 bits per heavy atom. The molecule has 84 heavy (non-hydrogen) atoms. The van der Waals surface area contributed by atoms with Gasteiger partial charge in [-0.2, -0.15) is 22.7 Å². The van der Waals surface area contributed by atoms with E-state index in [9.17, 15) is 5.11 Å². The van der Waals surface area contributed by atoms with Crippen molar-refractivity contribution in [2.45, 2.75) is 51.2 Å². The molecule has 0 fully saturated rings. The fourth-order valence-corrected chi connectivity index (χ4v) is 11.9. The molecule has 9 heteroatoms. The first-order valence-corrected chi connectivity index (χ1v) is 29.6. The van der Waals surface area contributed by atoms with Crippen molar-refractivity contribution >= 4 is 60.2 Å². The number of hydrogen-bond donors (Lipinski definition) is 1. The molecule has 1 N–H and O–H groups in total. The number of fused-ring (bicyclic) bond motifs is 2. The molecular formula is C75H61IrN4O2S2. The van der Waals surface area contributed by atoms with Crippen molar-refractivity contribution in [1.29, 1.82) is 0 Å². The predicted molar refractivity (Wildman–Crippen MR) is 345 cm³/mol. The number of rotatable bonds is 16. The Balaban J connectivity index is 0.000000203. The second-order valence-corrected chi connectivity index (χ2v) is 22.2. The Labute approximate surface area is 514 Å². The molecule has 0 amide bonds. The average molecular weight is 1310 g/mol. The molecule has 0 aliphatic rings. The second kappa shape index (κ2) is 29.0. The molecular weight excluding hydrogens is 1250 g/mol. The molecule has 0 radical (unpaired) electrons. The molecule has 3 aromatic heterocycles. The largest absolute Gasteiger partial charge is 3.00 e. The van der Waals surface area contributed by atoms with Gasteiger partial charge in [-0.3, -0.25) is 9.97 Å².